The maximum absolute atomic E-state index is 11.5. The monoisotopic (exact) mass is 368 g/mol. The Labute approximate surface area is 114 Å². The van der Waals surface area contributed by atoms with Crippen molar-refractivity contribution < 1.29 is 8.42 Å². The molecule has 5 heteroatoms. The third-order valence-electron chi connectivity index (χ3n) is 2.10. The van der Waals surface area contributed by atoms with E-state index in [1.54, 1.807) is 0 Å². The summed E-state index contributed by atoms with van der Waals surface area (Å²) in [5, 5.41) is 0. The smallest absolute Gasteiger partial charge is 0.161 e. The molecular weight excluding hydrogens is 356 g/mol. The zero-order valence-electron chi connectivity index (χ0n) is 8.99. The first-order valence-corrected chi connectivity index (χ1v) is 8.57. The van der Waals surface area contributed by atoms with Gasteiger partial charge >= 0.3 is 0 Å². The topological polar surface area (TPSA) is 34.1 Å². The SMILES string of the molecule is CC(Br)(Cc1ccccc1)CS(=O)(=O)CBr. The Morgan fingerprint density at radius 3 is 2.31 bits per heavy atom. The van der Waals surface area contributed by atoms with E-state index in [2.05, 4.69) is 31.9 Å². The van der Waals surface area contributed by atoms with Crippen LogP contribution in [0.3, 0.4) is 0 Å². The van der Waals surface area contributed by atoms with Crippen LogP contribution in [-0.2, 0) is 16.3 Å². The fourth-order valence-electron chi connectivity index (χ4n) is 1.57. The van der Waals surface area contributed by atoms with Gasteiger partial charge in [-0.2, -0.15) is 0 Å². The second kappa shape index (κ2) is 5.65. The summed E-state index contributed by atoms with van der Waals surface area (Å²) in [6, 6.07) is 9.86. The summed E-state index contributed by atoms with van der Waals surface area (Å²) in [6.07, 6.45) is 0.695. The van der Waals surface area contributed by atoms with Crippen LogP contribution in [0.15, 0.2) is 30.3 Å². The zero-order valence-corrected chi connectivity index (χ0v) is 13.0. The molecule has 0 heterocycles. The third kappa shape index (κ3) is 4.97. The second-order valence-corrected chi connectivity index (χ2v) is 9.35. The quantitative estimate of drug-likeness (QED) is 0.747. The molecule has 0 saturated carbocycles. The highest BCUT2D eigenvalue weighted by atomic mass is 79.9. The number of benzene rings is 1. The molecule has 1 unspecified atom stereocenters. The van der Waals surface area contributed by atoms with E-state index in [0.29, 0.717) is 6.42 Å². The molecule has 2 nitrogen and oxygen atoms in total. The molecule has 0 amide bonds. The second-order valence-electron chi connectivity index (χ2n) is 4.07. The van der Waals surface area contributed by atoms with Gasteiger partial charge in [0.15, 0.2) is 9.84 Å². The first-order chi connectivity index (χ1) is 7.35. The molecule has 0 fully saturated rings. The summed E-state index contributed by atoms with van der Waals surface area (Å²) >= 11 is 6.50. The van der Waals surface area contributed by atoms with Gasteiger partial charge in [0.25, 0.3) is 0 Å². The number of sulfone groups is 1. The summed E-state index contributed by atoms with van der Waals surface area (Å²) in [5.41, 5.74) is 1.13. The van der Waals surface area contributed by atoms with Crippen LogP contribution in [0.2, 0.25) is 0 Å². The van der Waals surface area contributed by atoms with E-state index in [9.17, 15) is 8.42 Å². The molecular formula is C11H14Br2O2S. The van der Waals surface area contributed by atoms with E-state index < -0.39 is 14.2 Å². The van der Waals surface area contributed by atoms with E-state index in [0.717, 1.165) is 5.56 Å². The van der Waals surface area contributed by atoms with E-state index in [-0.39, 0.29) is 10.4 Å². The van der Waals surface area contributed by atoms with Gasteiger partial charge in [-0.1, -0.05) is 62.2 Å². The maximum Gasteiger partial charge on any atom is 0.161 e. The number of hydrogen-bond donors (Lipinski definition) is 0. The molecule has 0 bridgehead atoms. The van der Waals surface area contributed by atoms with Gasteiger partial charge in [-0.3, -0.25) is 0 Å². The van der Waals surface area contributed by atoms with Crippen molar-refractivity contribution in [3.05, 3.63) is 35.9 Å². The van der Waals surface area contributed by atoms with Gasteiger partial charge in [0.1, 0.15) is 4.66 Å². The molecule has 90 valence electrons. The largest absolute Gasteiger partial charge is 0.228 e. The van der Waals surface area contributed by atoms with Crippen LogP contribution in [-0.4, -0.2) is 23.2 Å². The van der Waals surface area contributed by atoms with Gasteiger partial charge in [0.2, 0.25) is 0 Å². The van der Waals surface area contributed by atoms with Crippen LogP contribution >= 0.6 is 31.9 Å². The molecule has 0 aliphatic carbocycles. The van der Waals surface area contributed by atoms with Gasteiger partial charge in [-0.25, -0.2) is 8.42 Å². The predicted octanol–water partition coefficient (Wildman–Crippen LogP) is 3.15. The molecule has 1 atom stereocenters. The van der Waals surface area contributed by atoms with Crippen LogP contribution in [0.5, 0.6) is 0 Å². The Bertz CT molecular complexity index is 427. The lowest BCUT2D eigenvalue weighted by Crippen LogP contribution is -2.30. The van der Waals surface area contributed by atoms with Gasteiger partial charge < -0.3 is 0 Å². The highest BCUT2D eigenvalue weighted by Crippen LogP contribution is 2.25. The lowest BCUT2D eigenvalue weighted by molar-refractivity contribution is 0.589. The Morgan fingerprint density at radius 1 is 1.25 bits per heavy atom. The fraction of sp³-hybridized carbons (Fsp3) is 0.455. The summed E-state index contributed by atoms with van der Waals surface area (Å²) in [5.74, 6) is 0.125. The van der Waals surface area contributed by atoms with E-state index in [4.69, 9.17) is 0 Å². The number of hydrogen-bond acceptors (Lipinski definition) is 2. The molecule has 0 N–H and O–H groups in total. The summed E-state index contributed by atoms with van der Waals surface area (Å²) < 4.78 is 22.7. The van der Waals surface area contributed by atoms with Crippen molar-refractivity contribution in [3.63, 3.8) is 0 Å². The van der Waals surface area contributed by atoms with Crippen LogP contribution in [0.1, 0.15) is 12.5 Å². The average molecular weight is 370 g/mol. The lowest BCUT2D eigenvalue weighted by atomic mass is 10.0. The Kier molecular flexibility index (Phi) is 5.01. The Hall–Kier alpha value is 0.130. The van der Waals surface area contributed by atoms with Crippen molar-refractivity contribution in [1.82, 2.24) is 0 Å². The van der Waals surface area contributed by atoms with Gasteiger partial charge in [0.05, 0.1) is 5.75 Å². The van der Waals surface area contributed by atoms with Crippen molar-refractivity contribution in [3.8, 4) is 0 Å². The van der Waals surface area contributed by atoms with Crippen molar-refractivity contribution >= 4 is 41.7 Å². The Balaban J connectivity index is 2.73. The van der Waals surface area contributed by atoms with Crippen molar-refractivity contribution in [2.24, 2.45) is 0 Å². The van der Waals surface area contributed by atoms with E-state index in [1.807, 2.05) is 37.3 Å². The normalized spacial score (nSPS) is 15.7. The number of alkyl halides is 2. The van der Waals surface area contributed by atoms with Crippen LogP contribution in [0, 0.1) is 0 Å². The molecule has 1 aromatic rings. The van der Waals surface area contributed by atoms with Crippen LogP contribution in [0.25, 0.3) is 0 Å². The first-order valence-electron chi connectivity index (χ1n) is 4.84. The van der Waals surface area contributed by atoms with Crippen molar-refractivity contribution in [2.45, 2.75) is 17.7 Å². The maximum atomic E-state index is 11.5. The third-order valence-corrected chi connectivity index (χ3v) is 6.54. The van der Waals surface area contributed by atoms with E-state index >= 15 is 0 Å². The summed E-state index contributed by atoms with van der Waals surface area (Å²) in [4.78, 5) is 0. The average Bonchev–Trinajstić information content (AvgIpc) is 2.17. The molecule has 0 aromatic heterocycles. The van der Waals surface area contributed by atoms with Gasteiger partial charge in [-0.15, -0.1) is 0 Å². The van der Waals surface area contributed by atoms with Crippen LogP contribution < -0.4 is 0 Å². The summed E-state index contributed by atoms with van der Waals surface area (Å²) in [7, 11) is -3.03. The predicted molar refractivity (Wildman–Crippen MR) is 75.1 cm³/mol. The number of rotatable bonds is 5. The van der Waals surface area contributed by atoms with Crippen molar-refractivity contribution in [1.29, 1.82) is 0 Å². The first kappa shape index (κ1) is 14.2. The molecule has 16 heavy (non-hydrogen) atoms. The highest BCUT2D eigenvalue weighted by molar-refractivity contribution is 9.11. The van der Waals surface area contributed by atoms with Crippen molar-refractivity contribution in [2.75, 3.05) is 10.4 Å². The van der Waals surface area contributed by atoms with Gasteiger partial charge in [-0.05, 0) is 18.9 Å². The van der Waals surface area contributed by atoms with E-state index in [1.165, 1.54) is 0 Å². The van der Waals surface area contributed by atoms with Gasteiger partial charge in [0, 0.05) is 4.32 Å². The minimum Gasteiger partial charge on any atom is -0.228 e. The molecule has 1 rings (SSSR count). The molecule has 0 aliphatic heterocycles. The Morgan fingerprint density at radius 2 is 1.81 bits per heavy atom. The standard InChI is InChI=1S/C11H14Br2O2S/c1-11(13,8-16(14,15)9-12)7-10-5-3-2-4-6-10/h2-6H,7-9H2,1H3. The minimum absolute atomic E-state index is 0.00990. The minimum atomic E-state index is -3.03. The molecule has 0 saturated heterocycles. The molecule has 0 aliphatic rings. The molecule has 1 aromatic carbocycles. The number of halogens is 2. The fourth-order valence-corrected chi connectivity index (χ4v) is 4.52. The summed E-state index contributed by atoms with van der Waals surface area (Å²) in [6.45, 7) is 1.90. The highest BCUT2D eigenvalue weighted by Gasteiger charge is 2.27. The zero-order chi connectivity index (χ0) is 12.2. The molecule has 0 radical (unpaired) electrons. The molecule has 0 spiro atoms. The van der Waals surface area contributed by atoms with Crippen LogP contribution in [0.4, 0.5) is 0 Å². The lowest BCUT2D eigenvalue weighted by Gasteiger charge is -2.21.